The van der Waals surface area contributed by atoms with Gasteiger partial charge in [-0.15, -0.1) is 0 Å². The van der Waals surface area contributed by atoms with Crippen molar-refractivity contribution in [1.29, 1.82) is 0 Å². The highest BCUT2D eigenvalue weighted by atomic mass is 32.2. The van der Waals surface area contributed by atoms with Gasteiger partial charge in [-0.05, 0) is 43.2 Å². The molecular formula is C22H30N4O3S. The first-order valence-corrected chi connectivity index (χ1v) is 11.5. The molecule has 0 fully saturated rings. The van der Waals surface area contributed by atoms with Crippen LogP contribution < -0.4 is 15.4 Å². The highest BCUT2D eigenvalue weighted by Gasteiger charge is 2.23. The Labute approximate surface area is 179 Å². The quantitative estimate of drug-likeness (QED) is 0.521. The summed E-state index contributed by atoms with van der Waals surface area (Å²) in [5.41, 5.74) is 2.19. The number of sulfonamides is 1. The summed E-state index contributed by atoms with van der Waals surface area (Å²) in [5.74, 6) is 1.62. The van der Waals surface area contributed by atoms with Crippen molar-refractivity contribution in [1.82, 2.24) is 14.9 Å². The Kier molecular flexibility index (Phi) is 6.99. The fourth-order valence-electron chi connectivity index (χ4n) is 3.21. The largest absolute Gasteiger partial charge is 0.488 e. The number of aliphatic imine (C=N–C) groups is 1. The van der Waals surface area contributed by atoms with Gasteiger partial charge in [0.2, 0.25) is 10.0 Å². The van der Waals surface area contributed by atoms with Gasteiger partial charge in [-0.25, -0.2) is 8.42 Å². The third-order valence-electron chi connectivity index (χ3n) is 5.22. The van der Waals surface area contributed by atoms with Gasteiger partial charge in [-0.2, -0.15) is 4.31 Å². The van der Waals surface area contributed by atoms with Crippen molar-refractivity contribution < 1.29 is 13.2 Å². The van der Waals surface area contributed by atoms with Crippen LogP contribution in [0.5, 0.6) is 5.75 Å². The molecule has 2 aromatic rings. The van der Waals surface area contributed by atoms with Crippen LogP contribution in [0.3, 0.4) is 0 Å². The number of rotatable bonds is 7. The number of nitrogens with one attached hydrogen (secondary N) is 2. The third-order valence-corrected chi connectivity index (χ3v) is 7.27. The molecule has 8 heteroatoms. The van der Waals surface area contributed by atoms with E-state index in [1.165, 1.54) is 9.87 Å². The molecule has 3 rings (SSSR count). The zero-order valence-electron chi connectivity index (χ0n) is 17.9. The van der Waals surface area contributed by atoms with E-state index < -0.39 is 10.0 Å². The van der Waals surface area contributed by atoms with Gasteiger partial charge in [-0.3, -0.25) is 4.99 Å². The molecule has 0 bridgehead atoms. The minimum absolute atomic E-state index is 0.0726. The summed E-state index contributed by atoms with van der Waals surface area (Å²) >= 11 is 0. The zero-order valence-corrected chi connectivity index (χ0v) is 18.7. The summed E-state index contributed by atoms with van der Waals surface area (Å²) < 4.78 is 32.4. The number of nitrogens with zero attached hydrogens (tertiary/aromatic N) is 2. The Morgan fingerprint density at radius 1 is 1.17 bits per heavy atom. The lowest BCUT2D eigenvalue weighted by atomic mass is 10.1. The smallest absolute Gasteiger partial charge is 0.243 e. The maximum atomic E-state index is 12.6. The highest BCUT2D eigenvalue weighted by molar-refractivity contribution is 7.89. The molecule has 2 N–H and O–H groups in total. The molecule has 0 aromatic heterocycles. The van der Waals surface area contributed by atoms with Gasteiger partial charge in [0, 0.05) is 33.1 Å². The lowest BCUT2D eigenvalue weighted by Gasteiger charge is -2.21. The topological polar surface area (TPSA) is 83.0 Å². The first kappa shape index (κ1) is 22.1. The van der Waals surface area contributed by atoms with E-state index in [0.29, 0.717) is 23.9 Å². The molecule has 0 amide bonds. The number of fused-ring (bicyclic) bond motifs is 1. The van der Waals surface area contributed by atoms with Gasteiger partial charge >= 0.3 is 0 Å². The fraction of sp³-hybridized carbons (Fsp3) is 0.409. The number of ether oxygens (including phenoxy) is 1. The molecule has 162 valence electrons. The highest BCUT2D eigenvalue weighted by Crippen LogP contribution is 2.27. The summed E-state index contributed by atoms with van der Waals surface area (Å²) in [6.07, 6.45) is 0.949. The van der Waals surface area contributed by atoms with E-state index in [9.17, 15) is 8.42 Å². The van der Waals surface area contributed by atoms with Crippen molar-refractivity contribution in [3.8, 4) is 5.75 Å². The molecule has 1 atom stereocenters. The van der Waals surface area contributed by atoms with Gasteiger partial charge in [0.15, 0.2) is 5.96 Å². The number of hydrogen-bond acceptors (Lipinski definition) is 4. The number of benzene rings is 2. The van der Waals surface area contributed by atoms with Gasteiger partial charge in [0.05, 0.1) is 11.4 Å². The van der Waals surface area contributed by atoms with Crippen LogP contribution in [0.25, 0.3) is 0 Å². The van der Waals surface area contributed by atoms with Gasteiger partial charge in [-0.1, -0.05) is 30.3 Å². The van der Waals surface area contributed by atoms with Crippen LogP contribution >= 0.6 is 0 Å². The van der Waals surface area contributed by atoms with Crippen molar-refractivity contribution in [2.24, 2.45) is 4.99 Å². The van der Waals surface area contributed by atoms with Gasteiger partial charge in [0.25, 0.3) is 0 Å². The molecule has 1 aliphatic rings. The number of hydrogen-bond donors (Lipinski definition) is 2. The van der Waals surface area contributed by atoms with Crippen molar-refractivity contribution in [3.63, 3.8) is 0 Å². The van der Waals surface area contributed by atoms with E-state index in [4.69, 9.17) is 4.74 Å². The predicted molar refractivity (Wildman–Crippen MR) is 119 cm³/mol. The van der Waals surface area contributed by atoms with Gasteiger partial charge in [0.1, 0.15) is 11.9 Å². The molecule has 1 aliphatic heterocycles. The van der Waals surface area contributed by atoms with E-state index in [-0.39, 0.29) is 12.1 Å². The van der Waals surface area contributed by atoms with E-state index in [1.807, 2.05) is 44.2 Å². The third kappa shape index (κ3) is 5.12. The van der Waals surface area contributed by atoms with Crippen LogP contribution in [0.1, 0.15) is 25.0 Å². The molecule has 2 aromatic carbocycles. The summed E-state index contributed by atoms with van der Waals surface area (Å²) in [6, 6.07) is 14.9. The lowest BCUT2D eigenvalue weighted by molar-refractivity contribution is 0.235. The van der Waals surface area contributed by atoms with E-state index >= 15 is 0 Å². The number of guanidine groups is 1. The standard InChI is InChI=1S/C22H30N4O3S/c1-16(2)26(4)30(27,28)20-11-9-17(10-12-20)14-24-22(23-3)25-15-19-13-18-7-5-6-8-21(18)29-19/h5-12,16,19H,13-15H2,1-4H3,(H2,23,24,25). The Morgan fingerprint density at radius 2 is 1.87 bits per heavy atom. The Morgan fingerprint density at radius 3 is 2.50 bits per heavy atom. The van der Waals surface area contributed by atoms with Gasteiger partial charge < -0.3 is 15.4 Å². The molecule has 0 saturated carbocycles. The van der Waals surface area contributed by atoms with Crippen LogP contribution in [0.15, 0.2) is 58.4 Å². The zero-order chi connectivity index (χ0) is 21.7. The minimum atomic E-state index is -3.47. The second-order valence-electron chi connectivity index (χ2n) is 7.62. The SMILES string of the molecule is CN=C(NCc1ccc(S(=O)(=O)N(C)C(C)C)cc1)NCC1Cc2ccccc2O1. The Balaban J connectivity index is 1.51. The van der Waals surface area contributed by atoms with E-state index in [2.05, 4.69) is 21.7 Å². The first-order chi connectivity index (χ1) is 14.3. The molecule has 0 radical (unpaired) electrons. The average Bonchev–Trinajstić information content (AvgIpc) is 3.16. The van der Waals surface area contributed by atoms with Crippen molar-refractivity contribution >= 4 is 16.0 Å². The van der Waals surface area contributed by atoms with Crippen LogP contribution in [-0.2, 0) is 23.0 Å². The fourth-order valence-corrected chi connectivity index (χ4v) is 4.58. The monoisotopic (exact) mass is 430 g/mol. The van der Waals surface area contributed by atoms with Crippen LogP contribution in [0.2, 0.25) is 0 Å². The maximum absolute atomic E-state index is 12.6. The van der Waals surface area contributed by atoms with Crippen LogP contribution in [-0.4, -0.2) is 51.5 Å². The van der Waals surface area contributed by atoms with Crippen molar-refractivity contribution in [2.45, 2.75) is 43.9 Å². The van der Waals surface area contributed by atoms with E-state index in [1.54, 1.807) is 26.2 Å². The molecule has 0 aliphatic carbocycles. The molecule has 7 nitrogen and oxygen atoms in total. The molecule has 1 heterocycles. The maximum Gasteiger partial charge on any atom is 0.243 e. The molecule has 1 unspecified atom stereocenters. The molecule has 30 heavy (non-hydrogen) atoms. The summed E-state index contributed by atoms with van der Waals surface area (Å²) in [7, 11) is -0.155. The van der Waals surface area contributed by atoms with Crippen molar-refractivity contribution in [3.05, 3.63) is 59.7 Å². The average molecular weight is 431 g/mol. The Hall–Kier alpha value is -2.58. The Bertz CT molecular complexity index is 963. The number of para-hydroxylation sites is 1. The first-order valence-electron chi connectivity index (χ1n) is 10.1. The minimum Gasteiger partial charge on any atom is -0.488 e. The molecular weight excluding hydrogens is 400 g/mol. The van der Waals surface area contributed by atoms with Crippen molar-refractivity contribution in [2.75, 3.05) is 20.6 Å². The normalized spacial score (nSPS) is 16.5. The summed E-state index contributed by atoms with van der Waals surface area (Å²) in [6.45, 7) is 4.88. The summed E-state index contributed by atoms with van der Waals surface area (Å²) in [5, 5.41) is 6.54. The summed E-state index contributed by atoms with van der Waals surface area (Å²) in [4.78, 5) is 4.54. The van der Waals surface area contributed by atoms with Crippen LogP contribution in [0.4, 0.5) is 0 Å². The molecule has 0 spiro atoms. The second kappa shape index (κ2) is 9.49. The van der Waals surface area contributed by atoms with E-state index in [0.717, 1.165) is 17.7 Å². The molecule has 0 saturated heterocycles. The van der Waals surface area contributed by atoms with Crippen LogP contribution in [0, 0.1) is 0 Å². The predicted octanol–water partition coefficient (Wildman–Crippen LogP) is 2.38. The lowest BCUT2D eigenvalue weighted by Crippen LogP contribution is -2.41. The second-order valence-corrected chi connectivity index (χ2v) is 9.61.